The Kier molecular flexibility index (Phi) is 11.4. The first-order valence-corrected chi connectivity index (χ1v) is 12.6. The summed E-state index contributed by atoms with van der Waals surface area (Å²) in [6.07, 6.45) is 14.7. The Bertz CT molecular complexity index is 786. The van der Waals surface area contributed by atoms with Crippen LogP contribution in [-0.2, 0) is 14.3 Å². The molecule has 182 valence electrons. The first-order valence-electron chi connectivity index (χ1n) is 12.6. The maximum absolute atomic E-state index is 12.2. The number of rotatable bonds is 14. The van der Waals surface area contributed by atoms with E-state index >= 15 is 0 Å². The van der Waals surface area contributed by atoms with Gasteiger partial charge in [0.05, 0.1) is 17.7 Å². The van der Waals surface area contributed by atoms with Crippen LogP contribution in [0, 0.1) is 5.41 Å². The molecule has 0 aromatic heterocycles. The molecule has 1 aliphatic rings. The van der Waals surface area contributed by atoms with Gasteiger partial charge in [0.25, 0.3) is 0 Å². The van der Waals surface area contributed by atoms with E-state index in [2.05, 4.69) is 12.2 Å². The second-order valence-electron chi connectivity index (χ2n) is 9.96. The standard InChI is InChI=1S/C28H41NO4/c1-4-5-6-7-8-9-10-11-12-13-18-33-27(32)22-14-16-23(17-15-22)29-21-24-25(30)19-28(2,3)20-26(24)31/h14-17,21,29H,4-13,18-20H2,1-3H3. The molecule has 1 N–H and O–H groups in total. The molecule has 5 heteroatoms. The van der Waals surface area contributed by atoms with Crippen LogP contribution in [0.2, 0.25) is 0 Å². The lowest BCUT2D eigenvalue weighted by Gasteiger charge is -2.28. The van der Waals surface area contributed by atoms with E-state index in [-0.39, 0.29) is 28.5 Å². The number of hydrogen-bond donors (Lipinski definition) is 1. The summed E-state index contributed by atoms with van der Waals surface area (Å²) in [4.78, 5) is 36.7. The number of carbonyl (C=O) groups excluding carboxylic acids is 3. The summed E-state index contributed by atoms with van der Waals surface area (Å²) >= 11 is 0. The average Bonchev–Trinajstić information content (AvgIpc) is 2.76. The van der Waals surface area contributed by atoms with Crippen molar-refractivity contribution in [2.75, 3.05) is 11.9 Å². The molecule has 1 aliphatic carbocycles. The van der Waals surface area contributed by atoms with Gasteiger partial charge < -0.3 is 10.1 Å². The zero-order chi connectivity index (χ0) is 24.1. The van der Waals surface area contributed by atoms with Crippen LogP contribution in [0.3, 0.4) is 0 Å². The maximum Gasteiger partial charge on any atom is 0.338 e. The molecule has 33 heavy (non-hydrogen) atoms. The minimum Gasteiger partial charge on any atom is -0.462 e. The Labute approximate surface area is 199 Å². The smallest absolute Gasteiger partial charge is 0.338 e. The molecule has 0 unspecified atom stereocenters. The van der Waals surface area contributed by atoms with Crippen LogP contribution in [0.25, 0.3) is 0 Å². The highest BCUT2D eigenvalue weighted by molar-refractivity contribution is 6.22. The van der Waals surface area contributed by atoms with Gasteiger partial charge in [0, 0.05) is 24.7 Å². The molecular weight excluding hydrogens is 414 g/mol. The van der Waals surface area contributed by atoms with Crippen molar-refractivity contribution in [2.45, 2.75) is 97.8 Å². The van der Waals surface area contributed by atoms with Crippen molar-refractivity contribution in [3.05, 3.63) is 41.6 Å². The van der Waals surface area contributed by atoms with Gasteiger partial charge in [-0.05, 0) is 36.1 Å². The molecule has 1 saturated carbocycles. The molecule has 0 bridgehead atoms. The van der Waals surface area contributed by atoms with E-state index in [1.165, 1.54) is 57.6 Å². The van der Waals surface area contributed by atoms with Crippen LogP contribution < -0.4 is 5.32 Å². The molecule has 0 amide bonds. The highest BCUT2D eigenvalue weighted by atomic mass is 16.5. The number of Topliss-reactive ketones (excluding diaryl/α,β-unsaturated/α-hetero) is 2. The van der Waals surface area contributed by atoms with E-state index in [0.29, 0.717) is 30.7 Å². The van der Waals surface area contributed by atoms with E-state index in [1.54, 1.807) is 24.3 Å². The Hall–Kier alpha value is -2.43. The quantitative estimate of drug-likeness (QED) is 0.141. The molecular formula is C28H41NO4. The zero-order valence-electron chi connectivity index (χ0n) is 20.7. The van der Waals surface area contributed by atoms with Gasteiger partial charge in [0.2, 0.25) is 0 Å². The van der Waals surface area contributed by atoms with Crippen molar-refractivity contribution in [3.8, 4) is 0 Å². The topological polar surface area (TPSA) is 72.5 Å². The van der Waals surface area contributed by atoms with Gasteiger partial charge in [-0.3, -0.25) is 9.59 Å². The lowest BCUT2D eigenvalue weighted by Crippen LogP contribution is -2.31. The molecule has 1 aromatic carbocycles. The summed E-state index contributed by atoms with van der Waals surface area (Å²) in [6, 6.07) is 6.87. The second kappa shape index (κ2) is 14.0. The minimum absolute atomic E-state index is 0.129. The fourth-order valence-electron chi connectivity index (χ4n) is 4.13. The van der Waals surface area contributed by atoms with Crippen molar-refractivity contribution < 1.29 is 19.1 Å². The average molecular weight is 456 g/mol. The second-order valence-corrected chi connectivity index (χ2v) is 9.96. The zero-order valence-corrected chi connectivity index (χ0v) is 20.7. The predicted octanol–water partition coefficient (Wildman–Crippen LogP) is 7.02. The molecule has 0 saturated heterocycles. The third-order valence-corrected chi connectivity index (χ3v) is 6.11. The van der Waals surface area contributed by atoms with Crippen molar-refractivity contribution in [1.29, 1.82) is 0 Å². The number of carbonyl (C=O) groups is 3. The third-order valence-electron chi connectivity index (χ3n) is 6.11. The van der Waals surface area contributed by atoms with E-state index in [1.807, 2.05) is 13.8 Å². The predicted molar refractivity (Wildman–Crippen MR) is 133 cm³/mol. The molecule has 1 aromatic rings. The van der Waals surface area contributed by atoms with Crippen LogP contribution in [0.1, 0.15) is 108 Å². The molecule has 2 rings (SSSR count). The lowest BCUT2D eigenvalue weighted by atomic mass is 9.74. The Morgan fingerprint density at radius 2 is 1.39 bits per heavy atom. The molecule has 5 nitrogen and oxygen atoms in total. The van der Waals surface area contributed by atoms with Crippen LogP contribution >= 0.6 is 0 Å². The number of nitrogens with one attached hydrogen (secondary N) is 1. The van der Waals surface area contributed by atoms with Crippen molar-refractivity contribution in [3.63, 3.8) is 0 Å². The van der Waals surface area contributed by atoms with Crippen LogP contribution in [-0.4, -0.2) is 24.1 Å². The molecule has 0 heterocycles. The van der Waals surface area contributed by atoms with Gasteiger partial charge >= 0.3 is 5.97 Å². The van der Waals surface area contributed by atoms with Crippen molar-refractivity contribution in [2.24, 2.45) is 5.41 Å². The number of benzene rings is 1. The highest BCUT2D eigenvalue weighted by Crippen LogP contribution is 2.33. The SMILES string of the molecule is CCCCCCCCCCCCOC(=O)c1ccc(NC=C2C(=O)CC(C)(C)CC2=O)cc1. The first-order chi connectivity index (χ1) is 15.8. The maximum atomic E-state index is 12.2. The van der Waals surface area contributed by atoms with E-state index in [9.17, 15) is 14.4 Å². The van der Waals surface area contributed by atoms with Crippen LogP contribution in [0.5, 0.6) is 0 Å². The summed E-state index contributed by atoms with van der Waals surface area (Å²) in [6.45, 7) is 6.55. The summed E-state index contributed by atoms with van der Waals surface area (Å²) in [5, 5.41) is 3.00. The van der Waals surface area contributed by atoms with Gasteiger partial charge in [0.15, 0.2) is 11.6 Å². The fraction of sp³-hybridized carbons (Fsp3) is 0.607. The van der Waals surface area contributed by atoms with E-state index in [4.69, 9.17) is 4.74 Å². The summed E-state index contributed by atoms with van der Waals surface area (Å²) in [5.74, 6) is -0.581. The van der Waals surface area contributed by atoms with E-state index < -0.39 is 0 Å². The lowest BCUT2D eigenvalue weighted by molar-refractivity contribution is -0.127. The number of ether oxygens (including phenoxy) is 1. The van der Waals surface area contributed by atoms with Gasteiger partial charge in [-0.25, -0.2) is 4.79 Å². The molecule has 0 radical (unpaired) electrons. The van der Waals surface area contributed by atoms with Crippen LogP contribution in [0.15, 0.2) is 36.0 Å². The monoisotopic (exact) mass is 455 g/mol. The van der Waals surface area contributed by atoms with E-state index in [0.717, 1.165) is 12.8 Å². The minimum atomic E-state index is -0.323. The van der Waals surface area contributed by atoms with Crippen molar-refractivity contribution >= 4 is 23.2 Å². The normalized spacial score (nSPS) is 15.4. The van der Waals surface area contributed by atoms with Gasteiger partial charge in [-0.1, -0.05) is 78.6 Å². The Balaban J connectivity index is 1.65. The number of esters is 1. The number of allylic oxidation sites excluding steroid dienone is 1. The largest absolute Gasteiger partial charge is 0.462 e. The molecule has 1 fully saturated rings. The summed E-state index contributed by atoms with van der Waals surface area (Å²) < 4.78 is 5.38. The molecule has 0 spiro atoms. The highest BCUT2D eigenvalue weighted by Gasteiger charge is 2.35. The number of unbranched alkanes of at least 4 members (excludes halogenated alkanes) is 9. The molecule has 0 atom stereocenters. The Morgan fingerprint density at radius 3 is 1.94 bits per heavy atom. The van der Waals surface area contributed by atoms with Gasteiger partial charge in [0.1, 0.15) is 0 Å². The fourth-order valence-corrected chi connectivity index (χ4v) is 4.13. The van der Waals surface area contributed by atoms with Crippen molar-refractivity contribution in [1.82, 2.24) is 0 Å². The van der Waals surface area contributed by atoms with Gasteiger partial charge in [-0.15, -0.1) is 0 Å². The number of anilines is 1. The third kappa shape index (κ3) is 9.93. The number of hydrogen-bond acceptors (Lipinski definition) is 5. The Morgan fingerprint density at radius 1 is 0.879 bits per heavy atom. The number of ketones is 2. The summed E-state index contributed by atoms with van der Waals surface area (Å²) in [7, 11) is 0. The molecule has 0 aliphatic heterocycles. The first kappa shape index (κ1) is 26.8. The van der Waals surface area contributed by atoms with Gasteiger partial charge in [-0.2, -0.15) is 0 Å². The van der Waals surface area contributed by atoms with Crippen LogP contribution in [0.4, 0.5) is 5.69 Å². The summed E-state index contributed by atoms with van der Waals surface area (Å²) in [5.41, 5.74) is 1.14.